The predicted molar refractivity (Wildman–Crippen MR) is 253 cm³/mol. The third-order valence-electron chi connectivity index (χ3n) is 12.8. The highest BCUT2D eigenvalue weighted by molar-refractivity contribution is 5.85. The molecular weight excluding hydrogens is 755 g/mol. The van der Waals surface area contributed by atoms with Crippen molar-refractivity contribution in [1.29, 1.82) is 0 Å². The zero-order chi connectivity index (χ0) is 41.0. The van der Waals surface area contributed by atoms with E-state index < -0.39 is 0 Å². The summed E-state index contributed by atoms with van der Waals surface area (Å²) in [6.45, 7) is 0. The fraction of sp³-hybridized carbons (Fsp3) is 0.0702. The highest BCUT2D eigenvalue weighted by atomic mass is 15.2. The van der Waals surface area contributed by atoms with Gasteiger partial charge in [-0.15, -0.1) is 0 Å². The molecule has 3 unspecified atom stereocenters. The molecule has 12 rings (SSSR count). The Labute approximate surface area is 360 Å². The largest absolute Gasteiger partial charge is 0.333 e. The van der Waals surface area contributed by atoms with Crippen LogP contribution in [0.2, 0.25) is 0 Å². The number of allylic oxidation sites excluding steroid dienone is 2. The molecule has 62 heavy (non-hydrogen) atoms. The van der Waals surface area contributed by atoms with E-state index in [1.165, 1.54) is 55.1 Å². The lowest BCUT2D eigenvalue weighted by Crippen LogP contribution is -2.33. The van der Waals surface area contributed by atoms with Crippen LogP contribution in [0.15, 0.2) is 212 Å². The van der Waals surface area contributed by atoms with E-state index in [9.17, 15) is 0 Å². The minimum absolute atomic E-state index is 0.260. The monoisotopic (exact) mass is 795 g/mol. The van der Waals surface area contributed by atoms with Gasteiger partial charge in [0, 0.05) is 56.0 Å². The molecule has 3 heterocycles. The van der Waals surface area contributed by atoms with Crippen LogP contribution in [0.3, 0.4) is 0 Å². The topological polar surface area (TPSA) is 46.8 Å². The number of para-hydroxylation sites is 3. The van der Waals surface area contributed by atoms with Crippen molar-refractivity contribution in [3.63, 3.8) is 0 Å². The van der Waals surface area contributed by atoms with Crippen LogP contribution in [0.25, 0.3) is 73.8 Å². The Bertz CT molecular complexity index is 3330. The van der Waals surface area contributed by atoms with Crippen molar-refractivity contribution in [2.24, 2.45) is 5.92 Å². The van der Waals surface area contributed by atoms with Crippen molar-refractivity contribution in [2.75, 3.05) is 4.90 Å². The van der Waals surface area contributed by atoms with Crippen molar-refractivity contribution in [2.45, 2.75) is 18.4 Å². The minimum atomic E-state index is 0.260. The van der Waals surface area contributed by atoms with Gasteiger partial charge < -0.3 is 9.47 Å². The van der Waals surface area contributed by atoms with Gasteiger partial charge in [0.25, 0.3) is 0 Å². The molecule has 2 aliphatic carbocycles. The molecule has 9 aromatic rings. The van der Waals surface area contributed by atoms with E-state index in [4.69, 9.17) is 4.98 Å². The second kappa shape index (κ2) is 15.0. The molecule has 0 amide bonds. The fourth-order valence-corrected chi connectivity index (χ4v) is 9.84. The Morgan fingerprint density at radius 2 is 1.16 bits per heavy atom. The first-order valence-electron chi connectivity index (χ1n) is 21.4. The van der Waals surface area contributed by atoms with E-state index in [1.54, 1.807) is 6.33 Å². The van der Waals surface area contributed by atoms with Crippen LogP contribution >= 0.6 is 0 Å². The maximum absolute atomic E-state index is 4.97. The summed E-state index contributed by atoms with van der Waals surface area (Å²) in [4.78, 5) is 16.7. The maximum atomic E-state index is 4.97. The summed E-state index contributed by atoms with van der Waals surface area (Å²) in [5, 5.41) is 3.81. The molecule has 0 saturated heterocycles. The SMILES string of the molecule is C1=CC2C(C=C1C1C=c3c(n(-c4ccc(-c5ncnc(-c6cccc(-c7ccc(-c8ccccc8)cc7)c6)n5)cc4)c4ccccc34)=CC1)c1ccccc1N2c1ccccc1. The normalized spacial score (nSPS) is 17.4. The first-order chi connectivity index (χ1) is 30.7. The number of hydrogen-bond acceptors (Lipinski definition) is 4. The van der Waals surface area contributed by atoms with Gasteiger partial charge in [-0.05, 0) is 94.4 Å². The van der Waals surface area contributed by atoms with Gasteiger partial charge in [0.2, 0.25) is 0 Å². The summed E-state index contributed by atoms with van der Waals surface area (Å²) in [5.41, 5.74) is 14.2. The molecule has 2 aromatic heterocycles. The van der Waals surface area contributed by atoms with E-state index in [2.05, 4.69) is 226 Å². The summed E-state index contributed by atoms with van der Waals surface area (Å²) in [6.07, 6.45) is 14.9. The second-order valence-electron chi connectivity index (χ2n) is 16.4. The van der Waals surface area contributed by atoms with Crippen molar-refractivity contribution in [3.05, 3.63) is 228 Å². The highest BCUT2D eigenvalue weighted by Gasteiger charge is 2.38. The van der Waals surface area contributed by atoms with Crippen molar-refractivity contribution >= 4 is 34.4 Å². The third-order valence-corrected chi connectivity index (χ3v) is 12.8. The van der Waals surface area contributed by atoms with Crippen LogP contribution in [-0.4, -0.2) is 25.6 Å². The molecule has 0 bridgehead atoms. The molecule has 0 spiro atoms. The number of aromatic nitrogens is 4. The van der Waals surface area contributed by atoms with Crippen LogP contribution in [0, 0.1) is 5.92 Å². The van der Waals surface area contributed by atoms with Gasteiger partial charge in [-0.1, -0.05) is 158 Å². The lowest BCUT2D eigenvalue weighted by molar-refractivity contribution is 0.716. The average Bonchev–Trinajstić information content (AvgIpc) is 3.87. The van der Waals surface area contributed by atoms with Crippen molar-refractivity contribution in [1.82, 2.24) is 19.5 Å². The van der Waals surface area contributed by atoms with Crippen LogP contribution in [0.4, 0.5) is 11.4 Å². The second-order valence-corrected chi connectivity index (χ2v) is 16.4. The van der Waals surface area contributed by atoms with Crippen LogP contribution < -0.4 is 15.5 Å². The number of rotatable bonds is 7. The molecule has 0 saturated carbocycles. The minimum Gasteiger partial charge on any atom is -0.333 e. The number of hydrogen-bond donors (Lipinski definition) is 0. The van der Waals surface area contributed by atoms with Gasteiger partial charge in [-0.2, -0.15) is 0 Å². The van der Waals surface area contributed by atoms with E-state index >= 15 is 0 Å². The standard InChI is InChI=1S/C57H41N5/c1-3-12-38(13-4-1)39-22-24-40(25-23-39)42-14-11-15-45(34-42)57-59-37-58-56(60-57)41-26-30-47(31-27-41)62-53-21-10-8-19-49(53)51-36-44(29-33-55(51)62)43-28-32-54-50(35-43)48-18-7-9-20-52(48)61(54)46-16-5-2-6-17-46/h1-28,30-37,44,50,54H,29H2. The smallest absolute Gasteiger partial charge is 0.163 e. The molecule has 7 aromatic carbocycles. The quantitative estimate of drug-likeness (QED) is 0.161. The Morgan fingerprint density at radius 1 is 0.516 bits per heavy atom. The zero-order valence-corrected chi connectivity index (χ0v) is 34.0. The zero-order valence-electron chi connectivity index (χ0n) is 34.0. The van der Waals surface area contributed by atoms with E-state index in [0.29, 0.717) is 17.6 Å². The molecule has 0 fully saturated rings. The van der Waals surface area contributed by atoms with Gasteiger partial charge in [0.05, 0.1) is 11.6 Å². The molecule has 5 nitrogen and oxygen atoms in total. The number of nitrogens with zero attached hydrogens (tertiary/aromatic N) is 5. The summed E-state index contributed by atoms with van der Waals surface area (Å²) in [7, 11) is 0. The molecule has 0 N–H and O–H groups in total. The number of fused-ring (bicyclic) bond motifs is 6. The van der Waals surface area contributed by atoms with Crippen LogP contribution in [0.1, 0.15) is 17.9 Å². The lowest BCUT2D eigenvalue weighted by atomic mass is 9.82. The molecule has 0 radical (unpaired) electrons. The third kappa shape index (κ3) is 6.21. The molecule has 5 heteroatoms. The fourth-order valence-electron chi connectivity index (χ4n) is 9.84. The first kappa shape index (κ1) is 36.0. The van der Waals surface area contributed by atoms with Gasteiger partial charge in [0.15, 0.2) is 11.6 Å². The lowest BCUT2D eigenvalue weighted by Gasteiger charge is -2.30. The van der Waals surface area contributed by atoms with Gasteiger partial charge in [-0.25, -0.2) is 15.0 Å². The molecule has 3 aliphatic rings. The molecule has 3 atom stereocenters. The molecule has 1 aliphatic heterocycles. The summed E-state index contributed by atoms with van der Waals surface area (Å²) in [6, 6.07) is 65.0. The molecular formula is C57H41N5. The van der Waals surface area contributed by atoms with Crippen LogP contribution in [0.5, 0.6) is 0 Å². The Kier molecular flexibility index (Phi) is 8.70. The van der Waals surface area contributed by atoms with Crippen molar-refractivity contribution in [3.8, 4) is 50.7 Å². The van der Waals surface area contributed by atoms with Crippen LogP contribution in [-0.2, 0) is 0 Å². The van der Waals surface area contributed by atoms with Crippen molar-refractivity contribution < 1.29 is 0 Å². The maximum Gasteiger partial charge on any atom is 0.163 e. The van der Waals surface area contributed by atoms with E-state index in [1.807, 2.05) is 6.07 Å². The Morgan fingerprint density at radius 3 is 1.98 bits per heavy atom. The summed E-state index contributed by atoms with van der Waals surface area (Å²) in [5.74, 6) is 1.89. The summed E-state index contributed by atoms with van der Waals surface area (Å²) < 4.78 is 2.41. The van der Waals surface area contributed by atoms with E-state index in [0.717, 1.165) is 34.4 Å². The van der Waals surface area contributed by atoms with Gasteiger partial charge in [-0.3, -0.25) is 0 Å². The van der Waals surface area contributed by atoms with Gasteiger partial charge >= 0.3 is 0 Å². The van der Waals surface area contributed by atoms with Gasteiger partial charge in [0.1, 0.15) is 6.33 Å². The number of benzene rings is 7. The molecule has 294 valence electrons. The number of anilines is 2. The Hall–Kier alpha value is -7.89. The van der Waals surface area contributed by atoms with E-state index in [-0.39, 0.29) is 12.0 Å². The Balaban J connectivity index is 0.832. The highest BCUT2D eigenvalue weighted by Crippen LogP contribution is 2.49. The average molecular weight is 796 g/mol. The summed E-state index contributed by atoms with van der Waals surface area (Å²) >= 11 is 0. The predicted octanol–water partition coefficient (Wildman–Crippen LogP) is 11.9. The first-order valence-corrected chi connectivity index (χ1v) is 21.4.